The zero-order chi connectivity index (χ0) is 18.5. The molecule has 0 saturated carbocycles. The molecule has 0 aliphatic rings. The molecule has 1 aromatic carbocycles. The first-order valence-corrected chi connectivity index (χ1v) is 8.75. The zero-order valence-electron chi connectivity index (χ0n) is 13.6. The molecule has 2 N–H and O–H groups in total. The van der Waals surface area contributed by atoms with Crippen molar-refractivity contribution in [3.63, 3.8) is 0 Å². The van der Waals surface area contributed by atoms with E-state index in [4.69, 9.17) is 4.74 Å². The summed E-state index contributed by atoms with van der Waals surface area (Å²) in [5, 5.41) is 12.8. The zero-order valence-corrected chi connectivity index (χ0v) is 15.8. The van der Waals surface area contributed by atoms with Crippen LogP contribution in [0.5, 0.6) is 0 Å². The summed E-state index contributed by atoms with van der Waals surface area (Å²) >= 11 is 1.83. The number of carbonyl (C=O) groups is 2. The van der Waals surface area contributed by atoms with Crippen molar-refractivity contribution in [3.05, 3.63) is 35.4 Å². The number of benzene rings is 1. The summed E-state index contributed by atoms with van der Waals surface area (Å²) in [6.45, 7) is 5.17. The van der Waals surface area contributed by atoms with Crippen molar-refractivity contribution in [2.24, 2.45) is 0 Å². The molecule has 1 aromatic rings. The summed E-state index contributed by atoms with van der Waals surface area (Å²) in [5.74, 6) is -1.89. The molecule has 24 heavy (non-hydrogen) atoms. The van der Waals surface area contributed by atoms with Gasteiger partial charge in [0.2, 0.25) is 0 Å². The molecule has 0 aromatic heterocycles. The van der Waals surface area contributed by atoms with E-state index in [2.05, 4.69) is 5.32 Å². The molecule has 8 heteroatoms. The van der Waals surface area contributed by atoms with Gasteiger partial charge < -0.3 is 15.2 Å². The number of hydrogen-bond donors (Lipinski definition) is 2. The van der Waals surface area contributed by atoms with Gasteiger partial charge in [-0.15, -0.1) is 0 Å². The second kappa shape index (κ2) is 8.70. The van der Waals surface area contributed by atoms with Crippen LogP contribution in [0.1, 0.15) is 38.9 Å². The number of halogens is 3. The van der Waals surface area contributed by atoms with E-state index in [1.165, 1.54) is 0 Å². The lowest BCUT2D eigenvalue weighted by Gasteiger charge is -2.26. The summed E-state index contributed by atoms with van der Waals surface area (Å²) in [6.07, 6.45) is -4.16. The van der Waals surface area contributed by atoms with Crippen molar-refractivity contribution in [1.29, 1.82) is 0 Å². The highest BCUT2D eigenvalue weighted by Gasteiger charge is 2.30. The fourth-order valence-electron chi connectivity index (χ4n) is 1.91. The van der Waals surface area contributed by atoms with E-state index in [1.54, 1.807) is 20.8 Å². The highest BCUT2D eigenvalue weighted by molar-refractivity contribution is 14.1. The molecule has 0 aliphatic heterocycles. The van der Waals surface area contributed by atoms with Crippen LogP contribution in [-0.4, -0.2) is 33.1 Å². The lowest BCUT2D eigenvalue weighted by atomic mass is 10.00. The Hall–Kier alpha value is -1.29. The molecule has 1 rings (SSSR count). The fraction of sp³-hybridized carbons (Fsp3) is 0.500. The molecule has 0 unspecified atom stereocenters. The number of alkyl halides is 1. The molecule has 0 heterocycles. The summed E-state index contributed by atoms with van der Waals surface area (Å²) < 4.78 is 32.4. The number of aliphatic hydroxyl groups is 1. The maximum Gasteiger partial charge on any atom is 0.407 e. The summed E-state index contributed by atoms with van der Waals surface area (Å²) in [4.78, 5) is 23.6. The third-order valence-electron chi connectivity index (χ3n) is 2.94. The van der Waals surface area contributed by atoms with Crippen LogP contribution in [0.3, 0.4) is 0 Å². The predicted octanol–water partition coefficient (Wildman–Crippen LogP) is 3.29. The number of Topliss-reactive ketones (excluding diaryl/α,β-unsaturated/α-hetero) is 1. The number of ketones is 1. The molecule has 0 saturated heterocycles. The third kappa shape index (κ3) is 6.68. The van der Waals surface area contributed by atoms with Gasteiger partial charge in [-0.3, -0.25) is 4.79 Å². The van der Waals surface area contributed by atoms with E-state index in [9.17, 15) is 23.5 Å². The van der Waals surface area contributed by atoms with Crippen molar-refractivity contribution in [2.75, 3.05) is 4.43 Å². The van der Waals surface area contributed by atoms with E-state index in [0.717, 1.165) is 18.2 Å². The van der Waals surface area contributed by atoms with Gasteiger partial charge >= 0.3 is 6.09 Å². The topological polar surface area (TPSA) is 75.6 Å². The molecule has 5 nitrogen and oxygen atoms in total. The lowest BCUT2D eigenvalue weighted by molar-refractivity contribution is -0.120. The van der Waals surface area contributed by atoms with Crippen LogP contribution in [0.25, 0.3) is 0 Å². The maximum atomic E-state index is 13.8. The Morgan fingerprint density at radius 3 is 2.50 bits per heavy atom. The van der Waals surface area contributed by atoms with Crippen LogP contribution in [0.15, 0.2) is 18.2 Å². The van der Waals surface area contributed by atoms with E-state index >= 15 is 0 Å². The Morgan fingerprint density at radius 1 is 1.33 bits per heavy atom. The SMILES string of the molecule is CC(C)(C)NC(=O)O[C@@H](CC(=O)CI)[C@@H](O)c1cc(F)ccc1F. The van der Waals surface area contributed by atoms with Gasteiger partial charge in [-0.2, -0.15) is 0 Å². The van der Waals surface area contributed by atoms with Crippen molar-refractivity contribution in [2.45, 2.75) is 44.9 Å². The van der Waals surface area contributed by atoms with Crippen LogP contribution in [0.4, 0.5) is 13.6 Å². The molecule has 0 bridgehead atoms. The van der Waals surface area contributed by atoms with Crippen molar-refractivity contribution < 1.29 is 28.2 Å². The molecule has 0 radical (unpaired) electrons. The molecule has 0 fully saturated rings. The van der Waals surface area contributed by atoms with E-state index < -0.39 is 35.5 Å². The highest BCUT2D eigenvalue weighted by atomic mass is 127. The van der Waals surface area contributed by atoms with Crippen molar-refractivity contribution >= 4 is 34.5 Å². The predicted molar refractivity (Wildman–Crippen MR) is 93.0 cm³/mol. The van der Waals surface area contributed by atoms with Crippen LogP contribution in [-0.2, 0) is 9.53 Å². The number of nitrogens with one attached hydrogen (secondary N) is 1. The smallest absolute Gasteiger partial charge is 0.407 e. The first kappa shape index (κ1) is 20.8. The standard InChI is InChI=1S/C16H20F2INO4/c1-16(2,3)20-15(23)24-13(7-10(21)8-19)14(22)11-6-9(17)4-5-12(11)18/h4-6,13-14,22H,7-8H2,1-3H3,(H,20,23)/t13-,14-/m0/s1. The monoisotopic (exact) mass is 455 g/mol. The molecular weight excluding hydrogens is 435 g/mol. The van der Waals surface area contributed by atoms with Gasteiger partial charge in [-0.05, 0) is 39.0 Å². The largest absolute Gasteiger partial charge is 0.443 e. The Labute approximate surface area is 152 Å². The number of alkyl carbamates (subject to hydrolysis) is 1. The number of carbonyl (C=O) groups excluding carboxylic acids is 2. The van der Waals surface area contributed by atoms with Crippen molar-refractivity contribution in [3.8, 4) is 0 Å². The van der Waals surface area contributed by atoms with Crippen LogP contribution in [0.2, 0.25) is 0 Å². The second-order valence-electron chi connectivity index (χ2n) is 6.31. The van der Waals surface area contributed by atoms with Gasteiger partial charge in [-0.1, -0.05) is 22.6 Å². The summed E-state index contributed by atoms with van der Waals surface area (Å²) in [6, 6.07) is 2.58. The Bertz CT molecular complexity index is 604. The quantitative estimate of drug-likeness (QED) is 0.510. The highest BCUT2D eigenvalue weighted by Crippen LogP contribution is 2.25. The normalized spacial score (nSPS) is 14.0. The van der Waals surface area contributed by atoms with E-state index in [-0.39, 0.29) is 22.2 Å². The molecular formula is C16H20F2INO4. The Kier molecular flexibility index (Phi) is 7.53. The van der Waals surface area contributed by atoms with Crippen molar-refractivity contribution in [1.82, 2.24) is 5.32 Å². The minimum absolute atomic E-state index is 0.136. The molecule has 2 atom stereocenters. The maximum absolute atomic E-state index is 13.8. The van der Waals surface area contributed by atoms with Gasteiger partial charge in [0, 0.05) is 17.5 Å². The van der Waals surface area contributed by atoms with E-state index in [1.807, 2.05) is 22.6 Å². The Morgan fingerprint density at radius 2 is 1.96 bits per heavy atom. The number of aliphatic hydroxyl groups excluding tert-OH is 1. The van der Waals surface area contributed by atoms with Gasteiger partial charge in [0.25, 0.3) is 0 Å². The Balaban J connectivity index is 3.01. The minimum Gasteiger partial charge on any atom is -0.443 e. The number of hydrogen-bond acceptors (Lipinski definition) is 4. The fourth-order valence-corrected chi connectivity index (χ4v) is 2.22. The third-order valence-corrected chi connectivity index (χ3v) is 3.79. The number of amides is 1. The average Bonchev–Trinajstić information content (AvgIpc) is 2.46. The summed E-state index contributed by atoms with van der Waals surface area (Å²) in [5.41, 5.74) is -0.964. The van der Waals surface area contributed by atoms with Gasteiger partial charge in [0.15, 0.2) is 0 Å². The molecule has 134 valence electrons. The lowest BCUT2D eigenvalue weighted by Crippen LogP contribution is -2.43. The number of ether oxygens (including phenoxy) is 1. The van der Waals surface area contributed by atoms with Gasteiger partial charge in [-0.25, -0.2) is 13.6 Å². The minimum atomic E-state index is -1.67. The second-order valence-corrected chi connectivity index (χ2v) is 7.07. The van der Waals surface area contributed by atoms with Gasteiger partial charge in [0.05, 0.1) is 4.43 Å². The van der Waals surface area contributed by atoms with Gasteiger partial charge in [0.1, 0.15) is 29.6 Å². The number of rotatable bonds is 6. The molecule has 1 amide bonds. The average molecular weight is 455 g/mol. The molecule has 0 aliphatic carbocycles. The first-order valence-electron chi connectivity index (χ1n) is 7.23. The molecule has 0 spiro atoms. The van der Waals surface area contributed by atoms with Crippen LogP contribution < -0.4 is 5.32 Å². The summed E-state index contributed by atoms with van der Waals surface area (Å²) in [7, 11) is 0. The van der Waals surface area contributed by atoms with Crippen LogP contribution in [0, 0.1) is 11.6 Å². The first-order chi connectivity index (χ1) is 11.0. The van der Waals surface area contributed by atoms with Crippen LogP contribution >= 0.6 is 22.6 Å². The van der Waals surface area contributed by atoms with E-state index in [0.29, 0.717) is 0 Å².